The molecular weight excluding hydrogens is 320 g/mol. The van der Waals surface area contributed by atoms with Crippen LogP contribution in [0.2, 0.25) is 0 Å². The van der Waals surface area contributed by atoms with Gasteiger partial charge in [0.05, 0.1) is 32.3 Å². The molecule has 0 amide bonds. The van der Waals surface area contributed by atoms with Crippen LogP contribution in [-0.2, 0) is 0 Å². The highest BCUT2D eigenvalue weighted by Crippen LogP contribution is 2.39. The fraction of sp³-hybridized carbons (Fsp3) is 0.350. The summed E-state index contributed by atoms with van der Waals surface area (Å²) in [5, 5.41) is 0. The minimum absolute atomic E-state index is 0.0501. The molecule has 4 rings (SSSR count). The second kappa shape index (κ2) is 6.67. The Balaban J connectivity index is 1.62. The summed E-state index contributed by atoms with van der Waals surface area (Å²) in [6.07, 6.45) is 1.92. The van der Waals surface area contributed by atoms with Crippen LogP contribution in [0.4, 0.5) is 0 Å². The lowest BCUT2D eigenvalue weighted by molar-refractivity contribution is 0.0848. The number of fused-ring (bicyclic) bond motifs is 2. The summed E-state index contributed by atoms with van der Waals surface area (Å²) in [7, 11) is 1.58. The van der Waals surface area contributed by atoms with Gasteiger partial charge in [-0.25, -0.2) is 0 Å². The highest BCUT2D eigenvalue weighted by Gasteiger charge is 2.29. The lowest BCUT2D eigenvalue weighted by atomic mass is 9.96. The van der Waals surface area contributed by atoms with E-state index >= 15 is 0 Å². The topological polar surface area (TPSA) is 54.0 Å². The van der Waals surface area contributed by atoms with E-state index in [1.807, 2.05) is 18.2 Å². The van der Waals surface area contributed by atoms with E-state index in [2.05, 4.69) is 0 Å². The molecule has 5 nitrogen and oxygen atoms in total. The summed E-state index contributed by atoms with van der Waals surface area (Å²) in [4.78, 5) is 12.5. The molecule has 0 saturated heterocycles. The Morgan fingerprint density at radius 2 is 1.72 bits per heavy atom. The smallest absolute Gasteiger partial charge is 0.170 e. The van der Waals surface area contributed by atoms with E-state index in [0.29, 0.717) is 42.4 Å². The van der Waals surface area contributed by atoms with Gasteiger partial charge in [0, 0.05) is 0 Å². The van der Waals surface area contributed by atoms with Crippen LogP contribution in [0, 0.1) is 0 Å². The van der Waals surface area contributed by atoms with E-state index in [4.69, 9.17) is 18.9 Å². The molecule has 2 aromatic carbocycles. The molecule has 2 heterocycles. The number of hydrogen-bond donors (Lipinski definition) is 0. The van der Waals surface area contributed by atoms with Gasteiger partial charge in [0.2, 0.25) is 0 Å². The van der Waals surface area contributed by atoms with Crippen LogP contribution in [0.5, 0.6) is 23.0 Å². The van der Waals surface area contributed by atoms with Gasteiger partial charge in [0.25, 0.3) is 0 Å². The number of rotatable bonds is 2. The van der Waals surface area contributed by atoms with Crippen LogP contribution < -0.4 is 18.9 Å². The third-order valence-corrected chi connectivity index (χ3v) is 4.52. The Morgan fingerprint density at radius 3 is 2.52 bits per heavy atom. The van der Waals surface area contributed by atoms with Crippen molar-refractivity contribution < 1.29 is 23.7 Å². The normalized spacial score (nSPS) is 19.2. The molecule has 0 radical (unpaired) electrons. The van der Waals surface area contributed by atoms with Crippen molar-refractivity contribution in [3.05, 3.63) is 47.5 Å². The third kappa shape index (κ3) is 3.14. The number of carbonyl (C=O) groups excluding carboxylic acids is 1. The van der Waals surface area contributed by atoms with Crippen LogP contribution >= 0.6 is 0 Å². The first-order valence-electron chi connectivity index (χ1n) is 8.52. The van der Waals surface area contributed by atoms with Crippen molar-refractivity contribution in [3.63, 3.8) is 0 Å². The molecule has 0 aliphatic carbocycles. The lowest BCUT2D eigenvalue weighted by Crippen LogP contribution is -2.20. The maximum Gasteiger partial charge on any atom is 0.170 e. The van der Waals surface area contributed by atoms with Crippen LogP contribution in [0.15, 0.2) is 36.4 Å². The summed E-state index contributed by atoms with van der Waals surface area (Å²) < 4.78 is 22.8. The van der Waals surface area contributed by atoms with Gasteiger partial charge in [0.15, 0.2) is 17.3 Å². The fourth-order valence-electron chi connectivity index (χ4n) is 3.14. The molecule has 2 aliphatic rings. The average Bonchev–Trinajstić information content (AvgIpc) is 2.62. The average molecular weight is 340 g/mol. The number of Topliss-reactive ketones (excluding diaryl/α,β-unsaturated/α-hetero) is 1. The molecule has 2 aliphatic heterocycles. The second-order valence-electron chi connectivity index (χ2n) is 6.21. The number of ether oxygens (including phenoxy) is 4. The van der Waals surface area contributed by atoms with Crippen molar-refractivity contribution in [1.29, 1.82) is 0 Å². The van der Waals surface area contributed by atoms with E-state index in [9.17, 15) is 4.79 Å². The molecule has 2 aromatic rings. The predicted octanol–water partition coefficient (Wildman–Crippen LogP) is 3.95. The highest BCUT2D eigenvalue weighted by molar-refractivity contribution is 6.00. The van der Waals surface area contributed by atoms with Crippen molar-refractivity contribution in [1.82, 2.24) is 0 Å². The van der Waals surface area contributed by atoms with Crippen LogP contribution in [0.1, 0.15) is 41.3 Å². The summed E-state index contributed by atoms with van der Waals surface area (Å²) in [6.45, 7) is 1.37. The van der Waals surface area contributed by atoms with Crippen molar-refractivity contribution in [2.75, 3.05) is 20.3 Å². The van der Waals surface area contributed by atoms with Crippen molar-refractivity contribution in [2.24, 2.45) is 0 Å². The number of carbonyl (C=O) groups is 1. The first kappa shape index (κ1) is 15.8. The Hall–Kier alpha value is -2.69. The van der Waals surface area contributed by atoms with Gasteiger partial charge >= 0.3 is 0 Å². The van der Waals surface area contributed by atoms with Crippen LogP contribution in [-0.4, -0.2) is 26.1 Å². The minimum Gasteiger partial charge on any atom is -0.497 e. The van der Waals surface area contributed by atoms with Gasteiger partial charge in [-0.1, -0.05) is 6.07 Å². The number of hydrogen-bond acceptors (Lipinski definition) is 5. The maximum absolute atomic E-state index is 12.5. The highest BCUT2D eigenvalue weighted by atomic mass is 16.5. The number of methoxy groups -OCH3 is 1. The summed E-state index contributed by atoms with van der Waals surface area (Å²) in [5.41, 5.74) is 1.49. The number of benzene rings is 2. The molecular formula is C20H20O5. The van der Waals surface area contributed by atoms with Gasteiger partial charge < -0.3 is 18.9 Å². The molecule has 0 saturated carbocycles. The molecule has 5 heteroatoms. The summed E-state index contributed by atoms with van der Waals surface area (Å²) >= 11 is 0. The molecule has 130 valence electrons. The molecule has 1 atom stereocenters. The zero-order chi connectivity index (χ0) is 17.2. The molecule has 0 spiro atoms. The molecule has 0 aromatic heterocycles. The van der Waals surface area contributed by atoms with Crippen molar-refractivity contribution >= 4 is 5.78 Å². The lowest BCUT2D eigenvalue weighted by Gasteiger charge is -2.26. The zero-order valence-corrected chi connectivity index (χ0v) is 14.1. The number of ketones is 1. The van der Waals surface area contributed by atoms with Gasteiger partial charge in [-0.2, -0.15) is 0 Å². The first-order valence-corrected chi connectivity index (χ1v) is 8.52. The molecule has 0 fully saturated rings. The summed E-state index contributed by atoms with van der Waals surface area (Å²) in [5.74, 6) is 2.75. The molecule has 0 N–H and O–H groups in total. The largest absolute Gasteiger partial charge is 0.497 e. The van der Waals surface area contributed by atoms with Crippen LogP contribution in [0.25, 0.3) is 0 Å². The van der Waals surface area contributed by atoms with Gasteiger partial charge in [-0.05, 0) is 48.7 Å². The van der Waals surface area contributed by atoms with E-state index in [-0.39, 0.29) is 11.9 Å². The Bertz CT molecular complexity index is 799. The predicted molar refractivity (Wildman–Crippen MR) is 92.0 cm³/mol. The first-order chi connectivity index (χ1) is 12.2. The Kier molecular flexibility index (Phi) is 4.22. The monoisotopic (exact) mass is 340 g/mol. The second-order valence-corrected chi connectivity index (χ2v) is 6.21. The Morgan fingerprint density at radius 1 is 0.960 bits per heavy atom. The quantitative estimate of drug-likeness (QED) is 0.828. The zero-order valence-electron chi connectivity index (χ0n) is 14.1. The van der Waals surface area contributed by atoms with Gasteiger partial charge in [-0.3, -0.25) is 4.79 Å². The third-order valence-electron chi connectivity index (χ3n) is 4.52. The van der Waals surface area contributed by atoms with E-state index < -0.39 is 0 Å². The molecule has 25 heavy (non-hydrogen) atoms. The standard InChI is InChI=1S/C20H20O5/c1-22-14-5-7-17-15(11-14)16(21)12-19(25-17)13-4-6-18-20(10-13)24-9-3-2-8-23-18/h4-7,10-11,19H,2-3,8-9,12H2,1H3/t19-/m0/s1. The SMILES string of the molecule is COc1ccc2c(c1)C(=O)C[C@@H](c1ccc3c(c1)OCCCCO3)O2. The Labute approximate surface area is 146 Å². The van der Waals surface area contributed by atoms with E-state index in [1.165, 1.54) is 0 Å². The molecule has 0 bridgehead atoms. The fourth-order valence-corrected chi connectivity index (χ4v) is 3.14. The minimum atomic E-state index is -0.326. The van der Waals surface area contributed by atoms with Crippen molar-refractivity contribution in [2.45, 2.75) is 25.4 Å². The van der Waals surface area contributed by atoms with Crippen molar-refractivity contribution in [3.8, 4) is 23.0 Å². The van der Waals surface area contributed by atoms with E-state index in [1.54, 1.807) is 25.3 Å². The van der Waals surface area contributed by atoms with Gasteiger partial charge in [-0.15, -0.1) is 0 Å². The van der Waals surface area contributed by atoms with Gasteiger partial charge in [0.1, 0.15) is 17.6 Å². The van der Waals surface area contributed by atoms with E-state index in [0.717, 1.165) is 24.2 Å². The maximum atomic E-state index is 12.5. The molecule has 0 unspecified atom stereocenters. The summed E-state index contributed by atoms with van der Waals surface area (Å²) in [6, 6.07) is 11.1. The van der Waals surface area contributed by atoms with Crippen LogP contribution in [0.3, 0.4) is 0 Å².